The summed E-state index contributed by atoms with van der Waals surface area (Å²) in [4.78, 5) is 17.3. The van der Waals surface area contributed by atoms with Crippen LogP contribution in [0.5, 0.6) is 0 Å². The summed E-state index contributed by atoms with van der Waals surface area (Å²) in [5, 5.41) is 13.3. The van der Waals surface area contributed by atoms with Crippen LogP contribution < -0.4 is 5.32 Å². The second-order valence-corrected chi connectivity index (χ2v) is 9.72. The number of carbonyl (C=O) groups excluding carboxylic acids is 1. The number of aromatic nitrogens is 4. The highest BCUT2D eigenvalue weighted by Crippen LogP contribution is 2.31. The Labute approximate surface area is 224 Å². The van der Waals surface area contributed by atoms with E-state index >= 15 is 0 Å². The summed E-state index contributed by atoms with van der Waals surface area (Å²) in [6.07, 6.45) is 3.43. The predicted octanol–water partition coefficient (Wildman–Crippen LogP) is 6.29. The zero-order chi connectivity index (χ0) is 25.6. The van der Waals surface area contributed by atoms with Crippen molar-refractivity contribution in [2.75, 3.05) is 5.75 Å². The fourth-order valence-electron chi connectivity index (χ4n) is 4.09. The smallest absolute Gasteiger partial charge is 0.231 e. The Kier molecular flexibility index (Phi) is 7.63. The normalized spacial score (nSPS) is 11.0. The van der Waals surface area contributed by atoms with E-state index in [1.807, 2.05) is 102 Å². The molecule has 37 heavy (non-hydrogen) atoms. The number of amides is 1. The van der Waals surface area contributed by atoms with Gasteiger partial charge < -0.3 is 5.32 Å². The van der Waals surface area contributed by atoms with Gasteiger partial charge in [-0.05, 0) is 47.9 Å². The Morgan fingerprint density at radius 3 is 2.19 bits per heavy atom. The van der Waals surface area contributed by atoms with Crippen LogP contribution in [0.3, 0.4) is 0 Å². The summed E-state index contributed by atoms with van der Waals surface area (Å²) in [5.41, 5.74) is 4.67. The molecule has 2 heterocycles. The Morgan fingerprint density at radius 2 is 1.54 bits per heavy atom. The molecule has 0 aliphatic carbocycles. The number of rotatable bonds is 8. The van der Waals surface area contributed by atoms with Crippen molar-refractivity contribution in [2.45, 2.75) is 18.1 Å². The third kappa shape index (κ3) is 5.58. The third-order valence-corrected chi connectivity index (χ3v) is 7.29. The SMILES string of the molecule is Cc1c(Cl)cccc1-n1c(SCC(=O)NC(c2ccccc2)c2ccccc2)nnc1-c1ccncc1. The number of halogens is 1. The first-order valence-electron chi connectivity index (χ1n) is 11.7. The van der Waals surface area contributed by atoms with Crippen molar-refractivity contribution in [3.63, 3.8) is 0 Å². The van der Waals surface area contributed by atoms with Gasteiger partial charge in [-0.3, -0.25) is 14.3 Å². The number of nitrogens with one attached hydrogen (secondary N) is 1. The van der Waals surface area contributed by atoms with E-state index in [2.05, 4.69) is 20.5 Å². The molecule has 5 rings (SSSR count). The van der Waals surface area contributed by atoms with Crippen LogP contribution in [0.2, 0.25) is 5.02 Å². The molecule has 5 aromatic rings. The molecule has 2 aromatic heterocycles. The number of pyridine rings is 1. The van der Waals surface area contributed by atoms with Crippen LogP contribution >= 0.6 is 23.4 Å². The average Bonchev–Trinajstić information content (AvgIpc) is 3.37. The van der Waals surface area contributed by atoms with Crippen molar-refractivity contribution in [1.29, 1.82) is 0 Å². The molecule has 1 amide bonds. The maximum atomic E-state index is 13.2. The van der Waals surface area contributed by atoms with Gasteiger partial charge in [-0.1, -0.05) is 90.1 Å². The van der Waals surface area contributed by atoms with Gasteiger partial charge in [0.2, 0.25) is 5.91 Å². The molecular formula is C29H24ClN5OS. The van der Waals surface area contributed by atoms with Gasteiger partial charge in [0.25, 0.3) is 0 Å². The minimum absolute atomic E-state index is 0.106. The summed E-state index contributed by atoms with van der Waals surface area (Å²) in [6.45, 7) is 1.96. The van der Waals surface area contributed by atoms with Crippen LogP contribution in [0.25, 0.3) is 17.1 Å². The van der Waals surface area contributed by atoms with Crippen molar-refractivity contribution in [3.05, 3.63) is 125 Å². The van der Waals surface area contributed by atoms with Gasteiger partial charge >= 0.3 is 0 Å². The van der Waals surface area contributed by atoms with E-state index in [-0.39, 0.29) is 17.7 Å². The van der Waals surface area contributed by atoms with Crippen molar-refractivity contribution in [2.24, 2.45) is 0 Å². The van der Waals surface area contributed by atoms with Gasteiger partial charge in [-0.25, -0.2) is 0 Å². The van der Waals surface area contributed by atoms with E-state index in [1.54, 1.807) is 12.4 Å². The third-order valence-electron chi connectivity index (χ3n) is 5.96. The summed E-state index contributed by atoms with van der Waals surface area (Å²) in [6, 6.07) is 29.1. The lowest BCUT2D eigenvalue weighted by atomic mass is 9.99. The van der Waals surface area contributed by atoms with Crippen molar-refractivity contribution >= 4 is 29.3 Å². The highest BCUT2D eigenvalue weighted by atomic mass is 35.5. The quantitative estimate of drug-likeness (QED) is 0.241. The van der Waals surface area contributed by atoms with Crippen molar-refractivity contribution in [3.8, 4) is 17.1 Å². The van der Waals surface area contributed by atoms with Crippen molar-refractivity contribution < 1.29 is 4.79 Å². The molecule has 0 aliphatic rings. The monoisotopic (exact) mass is 525 g/mol. The number of carbonyl (C=O) groups is 1. The molecule has 0 aliphatic heterocycles. The Balaban J connectivity index is 1.42. The molecule has 0 radical (unpaired) electrons. The van der Waals surface area contributed by atoms with Gasteiger partial charge in [0.15, 0.2) is 11.0 Å². The number of hydrogen-bond donors (Lipinski definition) is 1. The minimum atomic E-state index is -0.254. The number of thioether (sulfide) groups is 1. The zero-order valence-electron chi connectivity index (χ0n) is 20.1. The Morgan fingerprint density at radius 1 is 0.892 bits per heavy atom. The lowest BCUT2D eigenvalue weighted by Crippen LogP contribution is -2.30. The molecule has 1 N–H and O–H groups in total. The van der Waals surface area contributed by atoms with Gasteiger partial charge in [-0.2, -0.15) is 0 Å². The summed E-state index contributed by atoms with van der Waals surface area (Å²) in [7, 11) is 0. The zero-order valence-corrected chi connectivity index (χ0v) is 21.7. The van der Waals surface area contributed by atoms with E-state index in [0.717, 1.165) is 27.9 Å². The Bertz CT molecular complexity index is 1450. The molecule has 0 saturated heterocycles. The summed E-state index contributed by atoms with van der Waals surface area (Å²) in [5.74, 6) is 0.720. The fourth-order valence-corrected chi connectivity index (χ4v) is 5.02. The number of benzene rings is 3. The first-order valence-corrected chi connectivity index (χ1v) is 13.1. The molecule has 0 unspecified atom stereocenters. The van der Waals surface area contributed by atoms with Crippen LogP contribution in [0.15, 0.2) is 109 Å². The average molecular weight is 526 g/mol. The lowest BCUT2D eigenvalue weighted by Gasteiger charge is -2.20. The van der Waals surface area contributed by atoms with E-state index in [1.165, 1.54) is 11.8 Å². The summed E-state index contributed by atoms with van der Waals surface area (Å²) < 4.78 is 1.94. The highest BCUT2D eigenvalue weighted by molar-refractivity contribution is 7.99. The van der Waals surface area contributed by atoms with Crippen molar-refractivity contribution in [1.82, 2.24) is 25.1 Å². The molecule has 0 atom stereocenters. The van der Waals surface area contributed by atoms with Crippen LogP contribution in [0.1, 0.15) is 22.7 Å². The molecule has 8 heteroatoms. The molecule has 6 nitrogen and oxygen atoms in total. The molecule has 0 fully saturated rings. The van der Waals surface area contributed by atoms with Crippen LogP contribution in [-0.2, 0) is 4.79 Å². The van der Waals surface area contributed by atoms with Gasteiger partial charge in [0.05, 0.1) is 17.5 Å². The second kappa shape index (κ2) is 11.4. The number of hydrogen-bond acceptors (Lipinski definition) is 5. The largest absolute Gasteiger partial charge is 0.344 e. The van der Waals surface area contributed by atoms with E-state index < -0.39 is 0 Å². The van der Waals surface area contributed by atoms with Crippen LogP contribution in [0.4, 0.5) is 0 Å². The topological polar surface area (TPSA) is 72.7 Å². The Hall–Kier alpha value is -3.94. The van der Waals surface area contributed by atoms with Crippen LogP contribution in [-0.4, -0.2) is 31.4 Å². The van der Waals surface area contributed by atoms with Gasteiger partial charge in [0.1, 0.15) is 0 Å². The first kappa shape index (κ1) is 24.7. The second-order valence-electron chi connectivity index (χ2n) is 8.37. The summed E-state index contributed by atoms with van der Waals surface area (Å²) >= 11 is 7.78. The highest BCUT2D eigenvalue weighted by Gasteiger charge is 2.21. The lowest BCUT2D eigenvalue weighted by molar-refractivity contribution is -0.119. The molecular weight excluding hydrogens is 502 g/mol. The predicted molar refractivity (Wildman–Crippen MR) is 148 cm³/mol. The standard InChI is InChI=1S/C29H24ClN5OS/c1-20-24(30)13-8-14-25(20)35-28(23-15-17-31-18-16-23)33-34-29(35)37-19-26(36)32-27(21-9-4-2-5-10-21)22-11-6-3-7-12-22/h2-18,27H,19H2,1H3,(H,32,36). The minimum Gasteiger partial charge on any atom is -0.344 e. The molecule has 3 aromatic carbocycles. The maximum Gasteiger partial charge on any atom is 0.231 e. The molecule has 0 bridgehead atoms. The van der Waals surface area contributed by atoms with E-state index in [4.69, 9.17) is 11.6 Å². The van der Waals surface area contributed by atoms with E-state index in [0.29, 0.717) is 16.0 Å². The first-order chi connectivity index (χ1) is 18.1. The molecule has 184 valence electrons. The van der Waals surface area contributed by atoms with Crippen LogP contribution in [0, 0.1) is 6.92 Å². The van der Waals surface area contributed by atoms with E-state index in [9.17, 15) is 4.79 Å². The molecule has 0 spiro atoms. The van der Waals surface area contributed by atoms with Gasteiger partial charge in [0, 0.05) is 23.0 Å². The van der Waals surface area contributed by atoms with Gasteiger partial charge in [-0.15, -0.1) is 10.2 Å². The number of nitrogens with zero attached hydrogens (tertiary/aromatic N) is 4. The fraction of sp³-hybridized carbons (Fsp3) is 0.103. The molecule has 0 saturated carbocycles. The maximum absolute atomic E-state index is 13.2.